The molecule has 0 aliphatic carbocycles. The minimum absolute atomic E-state index is 0. The van der Waals surface area contributed by atoms with E-state index in [9.17, 15) is 4.79 Å². The maximum absolute atomic E-state index is 10.9. The van der Waals surface area contributed by atoms with Gasteiger partial charge in [0, 0.05) is 13.1 Å². The molecule has 126 valence electrons. The fraction of sp³-hybridized carbons (Fsp3) is 0.250. The Hall–Kier alpha value is -2.28. The first-order valence-corrected chi connectivity index (χ1v) is 7.59. The van der Waals surface area contributed by atoms with E-state index in [2.05, 4.69) is 47.5 Å². The summed E-state index contributed by atoms with van der Waals surface area (Å²) < 4.78 is 0. The Balaban J connectivity index is 0.00000288. The number of hydrogen-bond acceptors (Lipinski definition) is 2. The summed E-state index contributed by atoms with van der Waals surface area (Å²) in [5.74, 6) is 4.60. The molecule has 2 aromatic carbocycles. The number of aliphatic carboxylic acids is 1. The fourth-order valence-corrected chi connectivity index (χ4v) is 2.13. The maximum atomic E-state index is 10.9. The molecule has 4 heteroatoms. The van der Waals surface area contributed by atoms with Crippen LogP contribution in [0.25, 0.3) is 10.8 Å². The Labute approximate surface area is 149 Å². The van der Waals surface area contributed by atoms with E-state index < -0.39 is 11.4 Å². The molecule has 0 amide bonds. The van der Waals surface area contributed by atoms with E-state index in [1.807, 2.05) is 18.2 Å². The summed E-state index contributed by atoms with van der Waals surface area (Å²) in [5.41, 5.74) is 0.246. The van der Waals surface area contributed by atoms with Gasteiger partial charge in [0.05, 0.1) is 0 Å². The first kappa shape index (κ1) is 19.8. The fourth-order valence-electron chi connectivity index (χ4n) is 2.13. The van der Waals surface area contributed by atoms with Gasteiger partial charge in [-0.15, -0.1) is 12.4 Å². The van der Waals surface area contributed by atoms with E-state index in [1.165, 1.54) is 16.3 Å². The number of allylic oxidation sites excluding steroid dienone is 1. The highest BCUT2D eigenvalue weighted by Gasteiger charge is 2.23. The molecule has 0 radical (unpaired) electrons. The number of fused-ring (bicyclic) bond motifs is 1. The molecule has 2 N–H and O–H groups in total. The van der Waals surface area contributed by atoms with Crippen molar-refractivity contribution < 1.29 is 9.90 Å². The zero-order valence-corrected chi connectivity index (χ0v) is 14.7. The van der Waals surface area contributed by atoms with Gasteiger partial charge in [0.2, 0.25) is 0 Å². The monoisotopic (exact) mass is 343 g/mol. The van der Waals surface area contributed by atoms with Crippen LogP contribution in [0.1, 0.15) is 19.4 Å². The summed E-state index contributed by atoms with van der Waals surface area (Å²) in [4.78, 5) is 10.9. The molecule has 0 saturated heterocycles. The van der Waals surface area contributed by atoms with Gasteiger partial charge in [0.15, 0.2) is 0 Å². The number of carboxylic acid groups (broad SMARTS) is 1. The van der Waals surface area contributed by atoms with Gasteiger partial charge in [-0.3, -0.25) is 4.79 Å². The summed E-state index contributed by atoms with van der Waals surface area (Å²) in [6.45, 7) is 4.65. The predicted octanol–water partition coefficient (Wildman–Crippen LogP) is 4.02. The van der Waals surface area contributed by atoms with Crippen LogP contribution in [0, 0.1) is 17.3 Å². The first-order chi connectivity index (χ1) is 11.0. The van der Waals surface area contributed by atoms with Crippen molar-refractivity contribution in [3.05, 3.63) is 60.2 Å². The molecule has 0 saturated carbocycles. The molecule has 0 spiro atoms. The standard InChI is InChI=1S/C20H21NO2.ClH/c1-20(2,19(22)23)13-6-3-7-14-21-15-17-11-8-10-16-9-4-5-12-18(16)17;/h3-5,7-12,21H,14-15H2,1-2H3,(H,22,23);1H/b7-3+;. The minimum Gasteiger partial charge on any atom is -0.480 e. The molecule has 0 fully saturated rings. The van der Waals surface area contributed by atoms with Crippen molar-refractivity contribution in [3.63, 3.8) is 0 Å². The number of hydrogen-bond donors (Lipinski definition) is 2. The van der Waals surface area contributed by atoms with Crippen molar-refractivity contribution >= 4 is 29.1 Å². The quantitative estimate of drug-likeness (QED) is 0.636. The van der Waals surface area contributed by atoms with E-state index in [-0.39, 0.29) is 12.4 Å². The SMILES string of the molecule is CC(C)(C#C/C=C/CNCc1cccc2ccccc12)C(=O)O.Cl. The Bertz CT molecular complexity index is 780. The van der Waals surface area contributed by atoms with Gasteiger partial charge in [-0.2, -0.15) is 0 Å². The highest BCUT2D eigenvalue weighted by molar-refractivity contribution is 5.86. The second-order valence-corrected chi connectivity index (χ2v) is 5.87. The molecular formula is C20H22ClNO2. The number of carbonyl (C=O) groups is 1. The molecule has 0 unspecified atom stereocenters. The lowest BCUT2D eigenvalue weighted by Gasteiger charge is -2.08. The maximum Gasteiger partial charge on any atom is 0.321 e. The first-order valence-electron chi connectivity index (χ1n) is 7.59. The van der Waals surface area contributed by atoms with Gasteiger partial charge in [-0.25, -0.2) is 0 Å². The van der Waals surface area contributed by atoms with Gasteiger partial charge in [0.25, 0.3) is 0 Å². The zero-order valence-electron chi connectivity index (χ0n) is 13.9. The lowest BCUT2D eigenvalue weighted by Crippen LogP contribution is -2.21. The Morgan fingerprint density at radius 3 is 2.67 bits per heavy atom. The minimum atomic E-state index is -1.01. The molecule has 24 heavy (non-hydrogen) atoms. The molecule has 0 bridgehead atoms. The van der Waals surface area contributed by atoms with Gasteiger partial charge < -0.3 is 10.4 Å². The summed E-state index contributed by atoms with van der Waals surface area (Å²) >= 11 is 0. The second kappa shape index (κ2) is 9.12. The highest BCUT2D eigenvalue weighted by atomic mass is 35.5. The molecule has 0 aliphatic rings. The van der Waals surface area contributed by atoms with Crippen molar-refractivity contribution in [2.45, 2.75) is 20.4 Å². The summed E-state index contributed by atoms with van der Waals surface area (Å²) in [6.07, 6.45) is 3.59. The molecule has 0 aliphatic heterocycles. The van der Waals surface area contributed by atoms with Crippen LogP contribution in [-0.4, -0.2) is 17.6 Å². The number of nitrogens with one attached hydrogen (secondary N) is 1. The van der Waals surface area contributed by atoms with E-state index in [0.717, 1.165) is 6.54 Å². The van der Waals surface area contributed by atoms with Crippen molar-refractivity contribution in [2.75, 3.05) is 6.54 Å². The summed E-state index contributed by atoms with van der Waals surface area (Å²) in [6, 6.07) is 14.6. The van der Waals surface area contributed by atoms with Gasteiger partial charge >= 0.3 is 5.97 Å². The summed E-state index contributed by atoms with van der Waals surface area (Å²) in [5, 5.41) is 14.8. The largest absolute Gasteiger partial charge is 0.480 e. The lowest BCUT2D eigenvalue weighted by molar-refractivity contribution is -0.143. The smallest absolute Gasteiger partial charge is 0.321 e. The average Bonchev–Trinajstić information content (AvgIpc) is 2.54. The average molecular weight is 344 g/mol. The molecular weight excluding hydrogens is 322 g/mol. The number of halogens is 1. The van der Waals surface area contributed by atoms with Crippen molar-refractivity contribution in [3.8, 4) is 11.8 Å². The van der Waals surface area contributed by atoms with Crippen molar-refractivity contribution in [2.24, 2.45) is 5.41 Å². The number of rotatable bonds is 5. The number of benzene rings is 2. The third-order valence-electron chi connectivity index (χ3n) is 3.58. The van der Waals surface area contributed by atoms with E-state index >= 15 is 0 Å². The Morgan fingerprint density at radius 2 is 1.92 bits per heavy atom. The van der Waals surface area contributed by atoms with Crippen LogP contribution in [0.5, 0.6) is 0 Å². The number of carboxylic acids is 1. The second-order valence-electron chi connectivity index (χ2n) is 5.87. The van der Waals surface area contributed by atoms with Crippen LogP contribution in [0.3, 0.4) is 0 Å². The van der Waals surface area contributed by atoms with Crippen LogP contribution >= 0.6 is 12.4 Å². The molecule has 0 aromatic heterocycles. The lowest BCUT2D eigenvalue weighted by atomic mass is 9.95. The third-order valence-corrected chi connectivity index (χ3v) is 3.58. The normalized spacial score (nSPS) is 10.9. The van der Waals surface area contributed by atoms with Gasteiger partial charge in [-0.05, 0) is 36.3 Å². The van der Waals surface area contributed by atoms with Crippen molar-refractivity contribution in [1.29, 1.82) is 0 Å². The Kier molecular flexibility index (Phi) is 7.51. The van der Waals surface area contributed by atoms with E-state index in [1.54, 1.807) is 19.9 Å². The van der Waals surface area contributed by atoms with Crippen molar-refractivity contribution in [1.82, 2.24) is 5.32 Å². The third kappa shape index (κ3) is 5.42. The topological polar surface area (TPSA) is 49.3 Å². The highest BCUT2D eigenvalue weighted by Crippen LogP contribution is 2.18. The zero-order chi connectivity index (χ0) is 16.7. The molecule has 2 rings (SSSR count). The van der Waals surface area contributed by atoms with Gasteiger partial charge in [0.1, 0.15) is 5.41 Å². The molecule has 3 nitrogen and oxygen atoms in total. The van der Waals surface area contributed by atoms with Gasteiger partial charge in [-0.1, -0.05) is 60.4 Å². The van der Waals surface area contributed by atoms with Crippen LogP contribution in [-0.2, 0) is 11.3 Å². The van der Waals surface area contributed by atoms with Crippen LogP contribution in [0.4, 0.5) is 0 Å². The predicted molar refractivity (Wildman–Crippen MR) is 101 cm³/mol. The van der Waals surface area contributed by atoms with E-state index in [0.29, 0.717) is 6.54 Å². The summed E-state index contributed by atoms with van der Waals surface area (Å²) in [7, 11) is 0. The molecule has 2 aromatic rings. The van der Waals surface area contributed by atoms with Crippen LogP contribution in [0.2, 0.25) is 0 Å². The van der Waals surface area contributed by atoms with Crippen LogP contribution in [0.15, 0.2) is 54.6 Å². The van der Waals surface area contributed by atoms with Crippen LogP contribution < -0.4 is 5.32 Å². The Morgan fingerprint density at radius 1 is 1.21 bits per heavy atom. The molecule has 0 heterocycles. The van der Waals surface area contributed by atoms with E-state index in [4.69, 9.17) is 5.11 Å². The molecule has 0 atom stereocenters.